The molecule has 1 heterocycles. The zero-order valence-corrected chi connectivity index (χ0v) is 19.5. The number of H-pyrrole nitrogens is 1. The normalized spacial score (nSPS) is 11.1. The minimum Gasteiger partial charge on any atom is -0.493 e. The molecule has 0 atom stereocenters. The molecule has 0 spiro atoms. The Hall–Kier alpha value is -2.54. The van der Waals surface area contributed by atoms with E-state index in [0.717, 1.165) is 51.2 Å². The highest BCUT2D eigenvalue weighted by Crippen LogP contribution is 2.36. The van der Waals surface area contributed by atoms with Crippen molar-refractivity contribution >= 4 is 38.6 Å². The summed E-state index contributed by atoms with van der Waals surface area (Å²) in [5.74, 6) is 2.40. The molecule has 7 heteroatoms. The third-order valence-electron chi connectivity index (χ3n) is 4.96. The van der Waals surface area contributed by atoms with Crippen LogP contribution in [-0.2, 0) is 19.6 Å². The number of methoxy groups -OCH3 is 1. The van der Waals surface area contributed by atoms with Crippen molar-refractivity contribution in [2.24, 2.45) is 0 Å². The third kappa shape index (κ3) is 5.39. The van der Waals surface area contributed by atoms with E-state index in [2.05, 4.69) is 31.2 Å². The number of aromatic amines is 1. The summed E-state index contributed by atoms with van der Waals surface area (Å²) in [5, 5.41) is 4.20. The van der Waals surface area contributed by atoms with Gasteiger partial charge in [-0.05, 0) is 42.0 Å². The minimum absolute atomic E-state index is 0.427. The summed E-state index contributed by atoms with van der Waals surface area (Å²) >= 11 is 9.63. The van der Waals surface area contributed by atoms with Crippen LogP contribution in [0.4, 0.5) is 0 Å². The van der Waals surface area contributed by atoms with Gasteiger partial charge in [-0.2, -0.15) is 0 Å². The van der Waals surface area contributed by atoms with Gasteiger partial charge in [0, 0.05) is 34.6 Å². The first-order chi connectivity index (χ1) is 15.1. The molecule has 0 radical (unpaired) electrons. The first-order valence-electron chi connectivity index (χ1n) is 10.0. The maximum absolute atomic E-state index is 6.16. The van der Waals surface area contributed by atoms with Gasteiger partial charge in [-0.1, -0.05) is 51.8 Å². The molecule has 0 aliphatic rings. The number of fused-ring (bicyclic) bond motifs is 1. The summed E-state index contributed by atoms with van der Waals surface area (Å²) in [4.78, 5) is 7.99. The number of halogens is 2. The molecule has 2 N–H and O–H groups in total. The maximum atomic E-state index is 6.16. The van der Waals surface area contributed by atoms with Crippen molar-refractivity contribution in [2.75, 3.05) is 13.7 Å². The summed E-state index contributed by atoms with van der Waals surface area (Å²) in [5.41, 5.74) is 4.10. The molecule has 0 bridgehead atoms. The molecule has 3 aromatic carbocycles. The Morgan fingerprint density at radius 2 is 1.87 bits per heavy atom. The molecule has 4 aromatic rings. The van der Waals surface area contributed by atoms with Crippen molar-refractivity contribution in [3.05, 3.63) is 87.1 Å². The van der Waals surface area contributed by atoms with Gasteiger partial charge in [-0.15, -0.1) is 0 Å². The minimum atomic E-state index is 0.427. The average molecular weight is 501 g/mol. The predicted molar refractivity (Wildman–Crippen MR) is 128 cm³/mol. The lowest BCUT2D eigenvalue weighted by atomic mass is 10.1. The van der Waals surface area contributed by atoms with Gasteiger partial charge in [-0.25, -0.2) is 4.98 Å². The molecule has 0 saturated carbocycles. The lowest BCUT2D eigenvalue weighted by Gasteiger charge is -2.17. The van der Waals surface area contributed by atoms with Crippen LogP contribution in [0.5, 0.6) is 11.5 Å². The van der Waals surface area contributed by atoms with E-state index in [0.29, 0.717) is 23.9 Å². The van der Waals surface area contributed by atoms with Crippen molar-refractivity contribution in [1.82, 2.24) is 15.3 Å². The quantitative estimate of drug-likeness (QED) is 0.281. The van der Waals surface area contributed by atoms with Gasteiger partial charge in [0.05, 0.1) is 18.1 Å². The molecule has 5 nitrogen and oxygen atoms in total. The average Bonchev–Trinajstić information content (AvgIpc) is 3.20. The second kappa shape index (κ2) is 10.2. The van der Waals surface area contributed by atoms with Gasteiger partial charge in [0.15, 0.2) is 11.5 Å². The lowest BCUT2D eigenvalue weighted by Crippen LogP contribution is -2.18. The monoisotopic (exact) mass is 499 g/mol. The molecule has 4 rings (SSSR count). The van der Waals surface area contributed by atoms with E-state index in [1.165, 1.54) is 0 Å². The van der Waals surface area contributed by atoms with Crippen LogP contribution in [0, 0.1) is 0 Å². The van der Waals surface area contributed by atoms with Crippen molar-refractivity contribution in [3.63, 3.8) is 0 Å². The van der Waals surface area contributed by atoms with Gasteiger partial charge < -0.3 is 19.8 Å². The molecular formula is C24H23BrClN3O2. The number of hydrogen-bond acceptors (Lipinski definition) is 4. The second-order valence-electron chi connectivity index (χ2n) is 7.10. The summed E-state index contributed by atoms with van der Waals surface area (Å²) < 4.78 is 12.7. The maximum Gasteiger partial charge on any atom is 0.167 e. The van der Waals surface area contributed by atoms with E-state index < -0.39 is 0 Å². The summed E-state index contributed by atoms with van der Waals surface area (Å²) in [6, 6.07) is 19.6. The summed E-state index contributed by atoms with van der Waals surface area (Å²) in [7, 11) is 1.65. The van der Waals surface area contributed by atoms with Crippen molar-refractivity contribution < 1.29 is 9.47 Å². The molecule has 0 fully saturated rings. The first-order valence-corrected chi connectivity index (χ1v) is 11.2. The molecule has 31 heavy (non-hydrogen) atoms. The number of benzene rings is 3. The fourth-order valence-electron chi connectivity index (χ4n) is 3.35. The molecule has 0 aliphatic carbocycles. The van der Waals surface area contributed by atoms with Gasteiger partial charge in [-0.3, -0.25) is 0 Å². The standard InChI is InChI=1S/C24H23BrClN3O2/c1-30-22-11-10-19(25)18(24(22)31-15-16-6-8-17(26)9-7-16)14-27-13-12-23-28-20-4-2-3-5-21(20)29-23/h2-11,27H,12-15H2,1H3,(H,28,29). The van der Waals surface area contributed by atoms with Crippen molar-refractivity contribution in [3.8, 4) is 11.5 Å². The Balaban J connectivity index is 1.41. The smallest absolute Gasteiger partial charge is 0.167 e. The van der Waals surface area contributed by atoms with Crippen molar-refractivity contribution in [1.29, 1.82) is 0 Å². The lowest BCUT2D eigenvalue weighted by molar-refractivity contribution is 0.280. The van der Waals surface area contributed by atoms with Crippen molar-refractivity contribution in [2.45, 2.75) is 19.6 Å². The van der Waals surface area contributed by atoms with E-state index >= 15 is 0 Å². The number of ether oxygens (including phenoxy) is 2. The number of para-hydroxylation sites is 2. The highest BCUT2D eigenvalue weighted by Gasteiger charge is 2.15. The number of aromatic nitrogens is 2. The Morgan fingerprint density at radius 3 is 2.65 bits per heavy atom. The molecule has 0 saturated heterocycles. The van der Waals surface area contributed by atoms with E-state index in [4.69, 9.17) is 21.1 Å². The molecule has 1 aromatic heterocycles. The van der Waals surface area contributed by atoms with E-state index in [1.807, 2.05) is 60.7 Å². The highest BCUT2D eigenvalue weighted by atomic mass is 79.9. The zero-order valence-electron chi connectivity index (χ0n) is 17.1. The summed E-state index contributed by atoms with van der Waals surface area (Å²) in [6.07, 6.45) is 0.803. The van der Waals surface area contributed by atoms with E-state index in [1.54, 1.807) is 7.11 Å². The van der Waals surface area contributed by atoms with Gasteiger partial charge in [0.25, 0.3) is 0 Å². The predicted octanol–water partition coefficient (Wildman–Crippen LogP) is 5.90. The fourth-order valence-corrected chi connectivity index (χ4v) is 3.92. The number of nitrogens with one attached hydrogen (secondary N) is 2. The number of imidazole rings is 1. The Kier molecular flexibility index (Phi) is 7.12. The fraction of sp³-hybridized carbons (Fsp3) is 0.208. The number of nitrogens with zero attached hydrogens (tertiary/aromatic N) is 1. The van der Waals surface area contributed by atoms with Crippen LogP contribution in [-0.4, -0.2) is 23.6 Å². The van der Waals surface area contributed by atoms with Crippen LogP contribution in [0.3, 0.4) is 0 Å². The largest absolute Gasteiger partial charge is 0.493 e. The van der Waals surface area contributed by atoms with Crippen LogP contribution in [0.15, 0.2) is 65.1 Å². The van der Waals surface area contributed by atoms with Crippen LogP contribution >= 0.6 is 27.5 Å². The van der Waals surface area contributed by atoms with Gasteiger partial charge in [0.2, 0.25) is 0 Å². The Bertz CT molecular complexity index is 1130. The first kappa shape index (κ1) is 21.7. The highest BCUT2D eigenvalue weighted by molar-refractivity contribution is 9.10. The van der Waals surface area contributed by atoms with Crippen LogP contribution < -0.4 is 14.8 Å². The summed E-state index contributed by atoms with van der Waals surface area (Å²) in [6.45, 7) is 1.84. The zero-order chi connectivity index (χ0) is 21.6. The second-order valence-corrected chi connectivity index (χ2v) is 8.39. The van der Waals surface area contributed by atoms with Gasteiger partial charge >= 0.3 is 0 Å². The Labute approximate surface area is 194 Å². The third-order valence-corrected chi connectivity index (χ3v) is 5.96. The van der Waals surface area contributed by atoms with Crippen LogP contribution in [0.25, 0.3) is 11.0 Å². The Morgan fingerprint density at radius 1 is 1.06 bits per heavy atom. The van der Waals surface area contributed by atoms with Crippen LogP contribution in [0.1, 0.15) is 17.0 Å². The molecule has 0 unspecified atom stereocenters. The van der Waals surface area contributed by atoms with E-state index in [9.17, 15) is 0 Å². The SMILES string of the molecule is COc1ccc(Br)c(CNCCc2nc3ccccc3[nH]2)c1OCc1ccc(Cl)cc1. The molecule has 0 amide bonds. The number of hydrogen-bond donors (Lipinski definition) is 2. The molecular weight excluding hydrogens is 478 g/mol. The van der Waals surface area contributed by atoms with Gasteiger partial charge in [0.1, 0.15) is 12.4 Å². The number of rotatable bonds is 9. The van der Waals surface area contributed by atoms with Crippen LogP contribution in [0.2, 0.25) is 5.02 Å². The van der Waals surface area contributed by atoms with E-state index in [-0.39, 0.29) is 0 Å². The molecule has 0 aliphatic heterocycles. The molecule has 160 valence electrons. The topological polar surface area (TPSA) is 59.2 Å².